The van der Waals surface area contributed by atoms with Gasteiger partial charge in [0.2, 0.25) is 5.91 Å². The van der Waals surface area contributed by atoms with Crippen LogP contribution in [0.3, 0.4) is 0 Å². The average Bonchev–Trinajstić information content (AvgIpc) is 2.69. The molecule has 1 heterocycles. The Bertz CT molecular complexity index is 379. The zero-order chi connectivity index (χ0) is 13.5. The topological polar surface area (TPSA) is 49.3 Å². The fraction of sp³-hybridized carbons (Fsp3) is 0.615. The van der Waals surface area contributed by atoms with Crippen molar-refractivity contribution < 1.29 is 9.90 Å². The molecule has 0 aliphatic heterocycles. The SMILES string of the molecule is CC(C)CC(O)CNC(=O)CCc1cc(Br)cs1. The largest absolute Gasteiger partial charge is 0.391 e. The van der Waals surface area contributed by atoms with Gasteiger partial charge >= 0.3 is 0 Å². The first-order chi connectivity index (χ1) is 8.47. The van der Waals surface area contributed by atoms with Gasteiger partial charge in [-0.3, -0.25) is 4.79 Å². The van der Waals surface area contributed by atoms with E-state index in [1.807, 2.05) is 11.4 Å². The molecule has 0 radical (unpaired) electrons. The van der Waals surface area contributed by atoms with Crippen molar-refractivity contribution >= 4 is 33.2 Å². The number of nitrogens with one attached hydrogen (secondary N) is 1. The molecule has 1 amide bonds. The van der Waals surface area contributed by atoms with Crippen molar-refractivity contribution in [1.29, 1.82) is 0 Å². The van der Waals surface area contributed by atoms with Crippen molar-refractivity contribution in [1.82, 2.24) is 5.32 Å². The van der Waals surface area contributed by atoms with Crippen LogP contribution in [0.5, 0.6) is 0 Å². The average molecular weight is 334 g/mol. The predicted octanol–water partition coefficient (Wildman–Crippen LogP) is 2.97. The van der Waals surface area contributed by atoms with Crippen LogP contribution >= 0.6 is 27.3 Å². The first-order valence-electron chi connectivity index (χ1n) is 6.15. The predicted molar refractivity (Wildman–Crippen MR) is 78.8 cm³/mol. The number of hydrogen-bond acceptors (Lipinski definition) is 3. The third kappa shape index (κ3) is 6.52. The van der Waals surface area contributed by atoms with Crippen molar-refractivity contribution in [2.75, 3.05) is 6.54 Å². The zero-order valence-corrected chi connectivity index (χ0v) is 13.2. The van der Waals surface area contributed by atoms with Crippen LogP contribution in [-0.4, -0.2) is 23.7 Å². The molecule has 1 unspecified atom stereocenters. The van der Waals surface area contributed by atoms with Crippen LogP contribution < -0.4 is 5.32 Å². The number of thiophene rings is 1. The summed E-state index contributed by atoms with van der Waals surface area (Å²) >= 11 is 5.04. The second-order valence-electron chi connectivity index (χ2n) is 4.82. The molecule has 3 nitrogen and oxygen atoms in total. The van der Waals surface area contributed by atoms with Gasteiger partial charge in [-0.15, -0.1) is 11.3 Å². The molecule has 0 fully saturated rings. The van der Waals surface area contributed by atoms with E-state index in [1.54, 1.807) is 11.3 Å². The molecule has 1 aromatic rings. The van der Waals surface area contributed by atoms with E-state index in [0.29, 0.717) is 18.9 Å². The number of carbonyl (C=O) groups excluding carboxylic acids is 1. The number of aliphatic hydroxyl groups excluding tert-OH is 1. The van der Waals surface area contributed by atoms with Gasteiger partial charge in [-0.05, 0) is 40.8 Å². The van der Waals surface area contributed by atoms with E-state index in [4.69, 9.17) is 0 Å². The van der Waals surface area contributed by atoms with Crippen molar-refractivity contribution in [2.45, 2.75) is 39.2 Å². The van der Waals surface area contributed by atoms with Crippen molar-refractivity contribution in [3.63, 3.8) is 0 Å². The van der Waals surface area contributed by atoms with Gasteiger partial charge in [0.05, 0.1) is 6.10 Å². The first kappa shape index (κ1) is 15.7. The molecular formula is C13H20BrNO2S. The Hall–Kier alpha value is -0.390. The zero-order valence-electron chi connectivity index (χ0n) is 10.8. The minimum Gasteiger partial charge on any atom is -0.391 e. The summed E-state index contributed by atoms with van der Waals surface area (Å²) in [5.41, 5.74) is 0. The summed E-state index contributed by atoms with van der Waals surface area (Å²) in [5, 5.41) is 14.4. The van der Waals surface area contributed by atoms with Gasteiger partial charge in [0.1, 0.15) is 0 Å². The number of hydrogen-bond donors (Lipinski definition) is 2. The summed E-state index contributed by atoms with van der Waals surface area (Å²) in [5.74, 6) is 0.447. The van der Waals surface area contributed by atoms with E-state index < -0.39 is 6.10 Å². The molecule has 2 N–H and O–H groups in total. The molecule has 1 atom stereocenters. The van der Waals surface area contributed by atoms with Gasteiger partial charge in [0.25, 0.3) is 0 Å². The number of carbonyl (C=O) groups is 1. The molecule has 102 valence electrons. The number of aryl methyl sites for hydroxylation is 1. The van der Waals surface area contributed by atoms with Crippen LogP contribution in [0.4, 0.5) is 0 Å². The molecule has 0 aromatic carbocycles. The van der Waals surface area contributed by atoms with Crippen LogP contribution in [-0.2, 0) is 11.2 Å². The normalized spacial score (nSPS) is 12.7. The Balaban J connectivity index is 2.18. The van der Waals surface area contributed by atoms with E-state index in [-0.39, 0.29) is 5.91 Å². The van der Waals surface area contributed by atoms with Crippen LogP contribution in [0.1, 0.15) is 31.6 Å². The number of aliphatic hydroxyl groups is 1. The molecule has 1 aromatic heterocycles. The molecule has 18 heavy (non-hydrogen) atoms. The maximum atomic E-state index is 11.6. The third-order valence-corrected chi connectivity index (χ3v) is 4.26. The lowest BCUT2D eigenvalue weighted by Gasteiger charge is -2.13. The second kappa shape index (κ2) is 7.92. The number of rotatable bonds is 7. The highest BCUT2D eigenvalue weighted by Gasteiger charge is 2.09. The highest BCUT2D eigenvalue weighted by molar-refractivity contribution is 9.10. The smallest absolute Gasteiger partial charge is 0.220 e. The minimum absolute atomic E-state index is 0.00216. The highest BCUT2D eigenvalue weighted by atomic mass is 79.9. The first-order valence-corrected chi connectivity index (χ1v) is 7.82. The van der Waals surface area contributed by atoms with Gasteiger partial charge < -0.3 is 10.4 Å². The van der Waals surface area contributed by atoms with Crippen molar-refractivity contribution in [3.8, 4) is 0 Å². The Kier molecular flexibility index (Phi) is 6.89. The fourth-order valence-corrected chi connectivity index (χ4v) is 3.12. The molecule has 0 spiro atoms. The van der Waals surface area contributed by atoms with Crippen molar-refractivity contribution in [3.05, 3.63) is 20.8 Å². The van der Waals surface area contributed by atoms with E-state index in [2.05, 4.69) is 35.1 Å². The summed E-state index contributed by atoms with van der Waals surface area (Å²) in [4.78, 5) is 12.8. The monoisotopic (exact) mass is 333 g/mol. The van der Waals surface area contributed by atoms with E-state index >= 15 is 0 Å². The quantitative estimate of drug-likeness (QED) is 0.805. The lowest BCUT2D eigenvalue weighted by molar-refractivity contribution is -0.121. The van der Waals surface area contributed by atoms with Gasteiger partial charge in [0.15, 0.2) is 0 Å². The summed E-state index contributed by atoms with van der Waals surface area (Å²) in [6.45, 7) is 4.46. The lowest BCUT2D eigenvalue weighted by Crippen LogP contribution is -2.32. The molecule has 5 heteroatoms. The summed E-state index contributed by atoms with van der Waals surface area (Å²) in [6.07, 6.45) is 1.51. The van der Waals surface area contributed by atoms with Crippen molar-refractivity contribution in [2.24, 2.45) is 5.92 Å². The minimum atomic E-state index is -0.440. The highest BCUT2D eigenvalue weighted by Crippen LogP contribution is 2.20. The standard InChI is InChI=1S/C13H20BrNO2S/c1-9(2)5-11(16)7-15-13(17)4-3-12-6-10(14)8-18-12/h6,8-9,11,16H,3-5,7H2,1-2H3,(H,15,17). The Morgan fingerprint density at radius 1 is 1.56 bits per heavy atom. The summed E-state index contributed by atoms with van der Waals surface area (Å²) < 4.78 is 1.07. The van der Waals surface area contributed by atoms with Crippen LogP contribution in [0.25, 0.3) is 0 Å². The fourth-order valence-electron chi connectivity index (χ4n) is 1.67. The molecule has 0 saturated carbocycles. The van der Waals surface area contributed by atoms with Crippen LogP contribution in [0.15, 0.2) is 15.9 Å². The molecule has 0 aliphatic rings. The van der Waals surface area contributed by atoms with Crippen LogP contribution in [0.2, 0.25) is 0 Å². The molecule has 0 saturated heterocycles. The van der Waals surface area contributed by atoms with E-state index in [9.17, 15) is 9.90 Å². The van der Waals surface area contributed by atoms with Gasteiger partial charge in [-0.25, -0.2) is 0 Å². The molecule has 0 bridgehead atoms. The van der Waals surface area contributed by atoms with Gasteiger partial charge in [-0.2, -0.15) is 0 Å². The maximum absolute atomic E-state index is 11.6. The Labute approximate surface area is 121 Å². The number of halogens is 1. The summed E-state index contributed by atoms with van der Waals surface area (Å²) in [7, 11) is 0. The number of amides is 1. The third-order valence-electron chi connectivity index (χ3n) is 2.50. The lowest BCUT2D eigenvalue weighted by atomic mass is 10.1. The van der Waals surface area contributed by atoms with Crippen LogP contribution in [0, 0.1) is 5.92 Å². The maximum Gasteiger partial charge on any atom is 0.220 e. The summed E-state index contributed by atoms with van der Waals surface area (Å²) in [6, 6.07) is 2.03. The molecule has 1 rings (SSSR count). The van der Waals surface area contributed by atoms with E-state index in [1.165, 1.54) is 4.88 Å². The molecular weight excluding hydrogens is 314 g/mol. The second-order valence-corrected chi connectivity index (χ2v) is 6.73. The molecule has 0 aliphatic carbocycles. The van der Waals surface area contributed by atoms with E-state index in [0.717, 1.165) is 17.3 Å². The Morgan fingerprint density at radius 3 is 2.83 bits per heavy atom. The van der Waals surface area contributed by atoms with Gasteiger partial charge in [-0.1, -0.05) is 13.8 Å². The Morgan fingerprint density at radius 2 is 2.28 bits per heavy atom. The van der Waals surface area contributed by atoms with Gasteiger partial charge in [0, 0.05) is 27.7 Å².